The number of nitrogens with one attached hydrogen (secondary N) is 2. The number of carbonyl (C=O) groups is 1. The van der Waals surface area contributed by atoms with Crippen LogP contribution in [0.4, 0.5) is 5.69 Å². The van der Waals surface area contributed by atoms with Crippen LogP contribution in [0.5, 0.6) is 0 Å². The summed E-state index contributed by atoms with van der Waals surface area (Å²) in [5.74, 6) is 0.0902. The summed E-state index contributed by atoms with van der Waals surface area (Å²) in [6.07, 6.45) is 0.468. The van der Waals surface area contributed by atoms with E-state index in [2.05, 4.69) is 27.7 Å². The number of likely N-dealkylation sites (N-methyl/N-ethyl adjacent to an activating group) is 1. The standard InChI is InChI=1S/C14H21N3O/c1-2-16-14(18)11-12-3-5-13(6-4-12)17-9-7-15-8-10-17/h3-6,15H,2,7-11H2,1H3,(H,16,18). The topological polar surface area (TPSA) is 44.4 Å². The van der Waals surface area contributed by atoms with Crippen molar-refractivity contribution < 1.29 is 4.79 Å². The van der Waals surface area contributed by atoms with Crippen LogP contribution in [-0.4, -0.2) is 38.6 Å². The molecule has 2 rings (SSSR count). The van der Waals surface area contributed by atoms with E-state index in [0.717, 1.165) is 31.7 Å². The second-order valence-electron chi connectivity index (χ2n) is 4.53. The van der Waals surface area contributed by atoms with Crippen molar-refractivity contribution in [1.29, 1.82) is 0 Å². The maximum absolute atomic E-state index is 11.5. The summed E-state index contributed by atoms with van der Waals surface area (Å²) in [6, 6.07) is 8.32. The Labute approximate surface area is 108 Å². The molecule has 1 aromatic rings. The van der Waals surface area contributed by atoms with Crippen molar-refractivity contribution in [2.24, 2.45) is 0 Å². The number of piperazine rings is 1. The van der Waals surface area contributed by atoms with Gasteiger partial charge in [-0.3, -0.25) is 4.79 Å². The Balaban J connectivity index is 1.94. The lowest BCUT2D eigenvalue weighted by Crippen LogP contribution is -2.43. The normalized spacial score (nSPS) is 15.5. The Morgan fingerprint density at radius 2 is 1.94 bits per heavy atom. The van der Waals surface area contributed by atoms with E-state index in [0.29, 0.717) is 13.0 Å². The molecule has 1 aromatic carbocycles. The van der Waals surface area contributed by atoms with E-state index in [1.807, 2.05) is 19.1 Å². The lowest BCUT2D eigenvalue weighted by atomic mass is 10.1. The molecule has 0 aliphatic carbocycles. The number of anilines is 1. The molecule has 0 saturated carbocycles. The fourth-order valence-corrected chi connectivity index (χ4v) is 2.19. The maximum atomic E-state index is 11.5. The zero-order chi connectivity index (χ0) is 12.8. The van der Waals surface area contributed by atoms with Gasteiger partial charge in [-0.25, -0.2) is 0 Å². The highest BCUT2D eigenvalue weighted by atomic mass is 16.1. The van der Waals surface area contributed by atoms with Crippen LogP contribution in [0.1, 0.15) is 12.5 Å². The molecule has 1 fully saturated rings. The van der Waals surface area contributed by atoms with Crippen molar-refractivity contribution >= 4 is 11.6 Å². The molecule has 98 valence electrons. The van der Waals surface area contributed by atoms with Gasteiger partial charge in [0.25, 0.3) is 0 Å². The minimum atomic E-state index is 0.0902. The van der Waals surface area contributed by atoms with E-state index in [1.54, 1.807) is 0 Å². The Bertz CT molecular complexity index is 383. The Kier molecular flexibility index (Phi) is 4.59. The molecule has 1 aliphatic heterocycles. The lowest BCUT2D eigenvalue weighted by Gasteiger charge is -2.29. The molecule has 1 heterocycles. The highest BCUT2D eigenvalue weighted by Crippen LogP contribution is 2.16. The van der Waals surface area contributed by atoms with Gasteiger partial charge in [0.05, 0.1) is 6.42 Å². The number of hydrogen-bond acceptors (Lipinski definition) is 3. The van der Waals surface area contributed by atoms with Gasteiger partial charge in [0.1, 0.15) is 0 Å². The van der Waals surface area contributed by atoms with Crippen molar-refractivity contribution in [3.63, 3.8) is 0 Å². The van der Waals surface area contributed by atoms with Crippen LogP contribution in [0.15, 0.2) is 24.3 Å². The summed E-state index contributed by atoms with van der Waals surface area (Å²) in [7, 11) is 0. The number of carbonyl (C=O) groups excluding carboxylic acids is 1. The first-order valence-electron chi connectivity index (χ1n) is 6.61. The third kappa shape index (κ3) is 3.47. The van der Waals surface area contributed by atoms with Crippen molar-refractivity contribution in [2.45, 2.75) is 13.3 Å². The van der Waals surface area contributed by atoms with Crippen LogP contribution in [0.3, 0.4) is 0 Å². The van der Waals surface area contributed by atoms with Crippen LogP contribution in [-0.2, 0) is 11.2 Å². The number of hydrogen-bond donors (Lipinski definition) is 2. The molecule has 0 radical (unpaired) electrons. The molecule has 0 unspecified atom stereocenters. The highest BCUT2D eigenvalue weighted by molar-refractivity contribution is 5.78. The van der Waals surface area contributed by atoms with Crippen molar-refractivity contribution in [1.82, 2.24) is 10.6 Å². The molecule has 4 nitrogen and oxygen atoms in total. The monoisotopic (exact) mass is 247 g/mol. The number of benzene rings is 1. The molecule has 18 heavy (non-hydrogen) atoms. The molecular weight excluding hydrogens is 226 g/mol. The molecule has 0 atom stereocenters. The van der Waals surface area contributed by atoms with E-state index in [-0.39, 0.29) is 5.91 Å². The molecule has 1 aliphatic rings. The molecule has 0 bridgehead atoms. The second kappa shape index (κ2) is 6.40. The molecular formula is C14H21N3O. The molecule has 1 amide bonds. The zero-order valence-electron chi connectivity index (χ0n) is 10.9. The Morgan fingerprint density at radius 1 is 1.28 bits per heavy atom. The van der Waals surface area contributed by atoms with E-state index in [9.17, 15) is 4.79 Å². The van der Waals surface area contributed by atoms with Crippen molar-refractivity contribution in [3.8, 4) is 0 Å². The van der Waals surface area contributed by atoms with Crippen LogP contribution >= 0.6 is 0 Å². The van der Waals surface area contributed by atoms with Gasteiger partial charge in [-0.1, -0.05) is 12.1 Å². The molecule has 2 N–H and O–H groups in total. The third-order valence-electron chi connectivity index (χ3n) is 3.16. The van der Waals surface area contributed by atoms with E-state index < -0.39 is 0 Å². The molecule has 1 saturated heterocycles. The minimum Gasteiger partial charge on any atom is -0.369 e. The van der Waals surface area contributed by atoms with Gasteiger partial charge < -0.3 is 15.5 Å². The second-order valence-corrected chi connectivity index (χ2v) is 4.53. The Morgan fingerprint density at radius 3 is 2.56 bits per heavy atom. The van der Waals surface area contributed by atoms with Gasteiger partial charge in [-0.15, -0.1) is 0 Å². The molecule has 0 spiro atoms. The summed E-state index contributed by atoms with van der Waals surface area (Å²) in [5, 5.41) is 6.16. The number of amides is 1. The first-order chi connectivity index (χ1) is 8.79. The lowest BCUT2D eigenvalue weighted by molar-refractivity contribution is -0.120. The fraction of sp³-hybridized carbons (Fsp3) is 0.500. The van der Waals surface area contributed by atoms with Gasteiger partial charge in [0.15, 0.2) is 0 Å². The van der Waals surface area contributed by atoms with Gasteiger partial charge in [0.2, 0.25) is 5.91 Å². The van der Waals surface area contributed by atoms with Gasteiger partial charge in [-0.05, 0) is 24.6 Å². The predicted octanol–water partition coefficient (Wildman–Crippen LogP) is 0.775. The van der Waals surface area contributed by atoms with E-state index >= 15 is 0 Å². The fourth-order valence-electron chi connectivity index (χ4n) is 2.19. The quantitative estimate of drug-likeness (QED) is 0.826. The largest absolute Gasteiger partial charge is 0.369 e. The SMILES string of the molecule is CCNC(=O)Cc1ccc(N2CCNCC2)cc1. The van der Waals surface area contributed by atoms with E-state index in [4.69, 9.17) is 0 Å². The van der Waals surface area contributed by atoms with Gasteiger partial charge >= 0.3 is 0 Å². The third-order valence-corrected chi connectivity index (χ3v) is 3.16. The first kappa shape index (κ1) is 12.9. The summed E-state index contributed by atoms with van der Waals surface area (Å²) >= 11 is 0. The van der Waals surface area contributed by atoms with Crippen LogP contribution in [0, 0.1) is 0 Å². The van der Waals surface area contributed by atoms with Crippen LogP contribution in [0.25, 0.3) is 0 Å². The van der Waals surface area contributed by atoms with Crippen LogP contribution < -0.4 is 15.5 Å². The number of nitrogens with zero attached hydrogens (tertiary/aromatic N) is 1. The predicted molar refractivity (Wildman–Crippen MR) is 73.9 cm³/mol. The van der Waals surface area contributed by atoms with Gasteiger partial charge in [0, 0.05) is 38.4 Å². The van der Waals surface area contributed by atoms with Crippen molar-refractivity contribution in [3.05, 3.63) is 29.8 Å². The average Bonchev–Trinajstić information content (AvgIpc) is 2.41. The summed E-state index contributed by atoms with van der Waals surface area (Å²) in [6.45, 7) is 6.82. The highest BCUT2D eigenvalue weighted by Gasteiger charge is 2.10. The maximum Gasteiger partial charge on any atom is 0.224 e. The summed E-state index contributed by atoms with van der Waals surface area (Å²) in [5.41, 5.74) is 2.32. The van der Waals surface area contributed by atoms with Gasteiger partial charge in [-0.2, -0.15) is 0 Å². The average molecular weight is 247 g/mol. The number of rotatable bonds is 4. The molecule has 4 heteroatoms. The van der Waals surface area contributed by atoms with Crippen LogP contribution in [0.2, 0.25) is 0 Å². The summed E-state index contributed by atoms with van der Waals surface area (Å²) < 4.78 is 0. The minimum absolute atomic E-state index is 0.0902. The molecule has 0 aromatic heterocycles. The smallest absolute Gasteiger partial charge is 0.224 e. The summed E-state index contributed by atoms with van der Waals surface area (Å²) in [4.78, 5) is 13.8. The van der Waals surface area contributed by atoms with E-state index in [1.165, 1.54) is 5.69 Å². The zero-order valence-corrected chi connectivity index (χ0v) is 10.9. The first-order valence-corrected chi connectivity index (χ1v) is 6.61. The van der Waals surface area contributed by atoms with Crippen molar-refractivity contribution in [2.75, 3.05) is 37.6 Å². The Hall–Kier alpha value is -1.55.